The third-order valence-electron chi connectivity index (χ3n) is 4.25. The van der Waals surface area contributed by atoms with Crippen LogP contribution >= 0.6 is 11.8 Å². The zero-order valence-electron chi connectivity index (χ0n) is 16.0. The maximum absolute atomic E-state index is 13.6. The highest BCUT2D eigenvalue weighted by Gasteiger charge is 2.35. The number of benzene rings is 2. The van der Waals surface area contributed by atoms with Gasteiger partial charge in [-0.05, 0) is 47.9 Å². The number of hydrogen-bond acceptors (Lipinski definition) is 6. The van der Waals surface area contributed by atoms with Crippen LogP contribution in [0.4, 0.5) is 13.2 Å². The summed E-state index contributed by atoms with van der Waals surface area (Å²) in [5.41, 5.74) is 5.99. The molecule has 158 valence electrons. The summed E-state index contributed by atoms with van der Waals surface area (Å²) in [7, 11) is 1.25. The lowest BCUT2D eigenvalue weighted by Crippen LogP contribution is -2.33. The molecule has 0 fully saturated rings. The quantitative estimate of drug-likeness (QED) is 0.667. The molecular formula is C21H19F3N2O3S. The van der Waals surface area contributed by atoms with E-state index in [4.69, 9.17) is 10.5 Å². The summed E-state index contributed by atoms with van der Waals surface area (Å²) in [6.07, 6.45) is -1.05. The number of aliphatic imine (C=N–C) groups is 1. The van der Waals surface area contributed by atoms with Crippen LogP contribution in [0.25, 0.3) is 6.08 Å². The lowest BCUT2D eigenvalue weighted by molar-refractivity contribution is -0.142. The first kappa shape index (κ1) is 21.9. The van der Waals surface area contributed by atoms with Crippen molar-refractivity contribution >= 4 is 30.0 Å². The van der Waals surface area contributed by atoms with Crippen molar-refractivity contribution in [1.29, 1.82) is 0 Å². The third-order valence-corrected chi connectivity index (χ3v) is 5.09. The van der Waals surface area contributed by atoms with Gasteiger partial charge in [-0.15, -0.1) is 11.8 Å². The van der Waals surface area contributed by atoms with E-state index < -0.39 is 23.8 Å². The minimum absolute atomic E-state index is 0.237. The van der Waals surface area contributed by atoms with Gasteiger partial charge in [-0.3, -0.25) is 9.79 Å². The Kier molecular flexibility index (Phi) is 6.84. The molecule has 1 aliphatic rings. The fourth-order valence-corrected chi connectivity index (χ4v) is 3.44. The molecule has 0 amide bonds. The van der Waals surface area contributed by atoms with Crippen molar-refractivity contribution in [3.8, 4) is 11.5 Å². The number of nitrogens with zero attached hydrogens (tertiary/aromatic N) is 1. The van der Waals surface area contributed by atoms with E-state index in [1.54, 1.807) is 30.5 Å². The van der Waals surface area contributed by atoms with Crippen LogP contribution in [0.5, 0.6) is 11.5 Å². The first-order chi connectivity index (χ1) is 14.3. The second kappa shape index (κ2) is 9.36. The van der Waals surface area contributed by atoms with E-state index in [9.17, 15) is 18.0 Å². The van der Waals surface area contributed by atoms with Crippen molar-refractivity contribution in [3.63, 3.8) is 0 Å². The van der Waals surface area contributed by atoms with Crippen LogP contribution in [-0.2, 0) is 22.1 Å². The number of ether oxygens (including phenoxy) is 2. The number of thioether (sulfide) groups is 1. The van der Waals surface area contributed by atoms with Gasteiger partial charge in [-0.1, -0.05) is 18.2 Å². The molecule has 0 saturated heterocycles. The van der Waals surface area contributed by atoms with Crippen LogP contribution < -0.4 is 10.5 Å². The number of hydrogen-bond donors (Lipinski definition) is 1. The van der Waals surface area contributed by atoms with Gasteiger partial charge in [0.25, 0.3) is 0 Å². The molecule has 0 radical (unpaired) electrons. The van der Waals surface area contributed by atoms with Crippen LogP contribution in [0, 0.1) is 0 Å². The molecular weight excluding hydrogens is 417 g/mol. The lowest BCUT2D eigenvalue weighted by atomic mass is 10.1. The monoisotopic (exact) mass is 436 g/mol. The van der Waals surface area contributed by atoms with Gasteiger partial charge in [-0.2, -0.15) is 13.2 Å². The lowest BCUT2D eigenvalue weighted by Gasteiger charge is -2.15. The molecule has 0 spiro atoms. The molecule has 1 atom stereocenters. The number of halogens is 3. The fraction of sp³-hybridized carbons (Fsp3) is 0.238. The topological polar surface area (TPSA) is 73.9 Å². The summed E-state index contributed by atoms with van der Waals surface area (Å²) in [6, 6.07) is 9.44. The molecule has 0 aliphatic carbocycles. The van der Waals surface area contributed by atoms with Gasteiger partial charge < -0.3 is 15.2 Å². The molecule has 0 aromatic heterocycles. The SMILES string of the molecule is COC(=O)C(N)Cc1ccc(Oc2ccc(C=C3C=NCS3)cc2C(F)(F)F)cc1. The van der Waals surface area contributed by atoms with Gasteiger partial charge in [0.15, 0.2) is 0 Å². The second-order valence-electron chi connectivity index (χ2n) is 6.46. The van der Waals surface area contributed by atoms with E-state index in [1.807, 2.05) is 0 Å². The number of nitrogens with two attached hydrogens (primary N) is 1. The van der Waals surface area contributed by atoms with Gasteiger partial charge >= 0.3 is 12.1 Å². The maximum atomic E-state index is 13.6. The van der Waals surface area contributed by atoms with E-state index in [0.717, 1.165) is 16.5 Å². The van der Waals surface area contributed by atoms with E-state index in [1.165, 1.54) is 37.1 Å². The van der Waals surface area contributed by atoms with Gasteiger partial charge in [0, 0.05) is 11.1 Å². The van der Waals surface area contributed by atoms with Crippen LogP contribution in [-0.4, -0.2) is 31.2 Å². The van der Waals surface area contributed by atoms with E-state index in [2.05, 4.69) is 9.73 Å². The second-order valence-corrected chi connectivity index (χ2v) is 7.48. The van der Waals surface area contributed by atoms with Crippen molar-refractivity contribution in [2.75, 3.05) is 13.0 Å². The van der Waals surface area contributed by atoms with Crippen molar-refractivity contribution in [3.05, 3.63) is 64.1 Å². The smallest absolute Gasteiger partial charge is 0.420 e. The first-order valence-electron chi connectivity index (χ1n) is 8.92. The highest BCUT2D eigenvalue weighted by molar-refractivity contribution is 8.04. The summed E-state index contributed by atoms with van der Waals surface area (Å²) < 4.78 is 50.8. The number of methoxy groups -OCH3 is 1. The predicted octanol–water partition coefficient (Wildman–Crippen LogP) is 4.66. The summed E-state index contributed by atoms with van der Waals surface area (Å²) in [5.74, 6) is -0.0287. The van der Waals surface area contributed by atoms with E-state index >= 15 is 0 Å². The largest absolute Gasteiger partial charge is 0.468 e. The zero-order chi connectivity index (χ0) is 21.7. The number of carbonyl (C=O) groups excluding carboxylic acids is 1. The van der Waals surface area contributed by atoms with Crippen molar-refractivity contribution in [2.24, 2.45) is 10.7 Å². The maximum Gasteiger partial charge on any atom is 0.420 e. The Bertz CT molecular complexity index is 972. The highest BCUT2D eigenvalue weighted by atomic mass is 32.2. The van der Waals surface area contributed by atoms with Crippen molar-refractivity contribution < 1.29 is 27.4 Å². The van der Waals surface area contributed by atoms with Crippen LogP contribution in [0.2, 0.25) is 0 Å². The highest BCUT2D eigenvalue weighted by Crippen LogP contribution is 2.39. The number of esters is 1. The molecule has 2 aromatic rings. The third kappa shape index (κ3) is 5.64. The average molecular weight is 436 g/mol. The number of carbonyl (C=O) groups is 1. The van der Waals surface area contributed by atoms with Crippen LogP contribution in [0.15, 0.2) is 52.4 Å². The molecule has 0 saturated carbocycles. The van der Waals surface area contributed by atoms with E-state index in [-0.39, 0.29) is 17.9 Å². The summed E-state index contributed by atoms with van der Waals surface area (Å²) in [6.45, 7) is 0. The van der Waals surface area contributed by atoms with E-state index in [0.29, 0.717) is 11.4 Å². The van der Waals surface area contributed by atoms with Crippen LogP contribution in [0.3, 0.4) is 0 Å². The predicted molar refractivity (Wildman–Crippen MR) is 111 cm³/mol. The van der Waals surface area contributed by atoms with Gasteiger partial charge in [0.1, 0.15) is 17.5 Å². The Morgan fingerprint density at radius 3 is 2.60 bits per heavy atom. The molecule has 3 rings (SSSR count). The van der Waals surface area contributed by atoms with Crippen molar-refractivity contribution in [2.45, 2.75) is 18.6 Å². The Balaban J connectivity index is 1.79. The normalized spacial score (nSPS) is 16.0. The van der Waals surface area contributed by atoms with Crippen LogP contribution in [0.1, 0.15) is 16.7 Å². The molecule has 1 unspecified atom stereocenters. The molecule has 30 heavy (non-hydrogen) atoms. The molecule has 2 aromatic carbocycles. The summed E-state index contributed by atoms with van der Waals surface area (Å²) in [5, 5.41) is 0. The Morgan fingerprint density at radius 2 is 2.00 bits per heavy atom. The van der Waals surface area contributed by atoms with Gasteiger partial charge in [0.2, 0.25) is 0 Å². The molecule has 2 N–H and O–H groups in total. The van der Waals surface area contributed by atoms with Crippen molar-refractivity contribution in [1.82, 2.24) is 0 Å². The molecule has 5 nitrogen and oxygen atoms in total. The standard InChI is InChI=1S/C21H19F3N2O3S/c1-28-20(27)18(25)10-13-2-5-15(6-3-13)29-19-7-4-14(8-16-11-26-12-30-16)9-17(19)21(22,23)24/h2-9,11,18H,10,12,25H2,1H3. The molecule has 0 bridgehead atoms. The average Bonchev–Trinajstić information content (AvgIpc) is 3.22. The van der Waals surface area contributed by atoms with Gasteiger partial charge in [0.05, 0.1) is 18.6 Å². The molecule has 9 heteroatoms. The first-order valence-corrected chi connectivity index (χ1v) is 9.90. The molecule has 1 heterocycles. The molecule has 1 aliphatic heterocycles. The minimum atomic E-state index is -4.58. The number of allylic oxidation sites excluding steroid dienone is 1. The Morgan fingerprint density at radius 1 is 1.27 bits per heavy atom. The minimum Gasteiger partial charge on any atom is -0.468 e. The van der Waals surface area contributed by atoms with Gasteiger partial charge in [-0.25, -0.2) is 0 Å². The Hall–Kier alpha value is -2.78. The summed E-state index contributed by atoms with van der Waals surface area (Å²) >= 11 is 1.45. The number of rotatable bonds is 6. The number of alkyl halides is 3. The Labute approximate surface area is 175 Å². The summed E-state index contributed by atoms with van der Waals surface area (Å²) in [4.78, 5) is 16.2. The fourth-order valence-electron chi connectivity index (χ4n) is 2.78. The zero-order valence-corrected chi connectivity index (χ0v) is 16.8.